The topological polar surface area (TPSA) is 155 Å². The van der Waals surface area contributed by atoms with Gasteiger partial charge in [0.15, 0.2) is 11.6 Å². The predicted octanol–water partition coefficient (Wildman–Crippen LogP) is 6.16. The molecule has 0 aromatic carbocycles. The number of carbonyl (C=O) groups excluding carboxylic acids is 3. The average molecular weight is 609 g/mol. The maximum Gasteiger partial charge on any atom is 0.328 e. The molecule has 0 saturated heterocycles. The van der Waals surface area contributed by atoms with Crippen molar-refractivity contribution in [1.29, 1.82) is 0 Å². The van der Waals surface area contributed by atoms with E-state index in [1.165, 1.54) is 13.2 Å². The van der Waals surface area contributed by atoms with E-state index in [-0.39, 0.29) is 47.9 Å². The molecule has 10 nitrogen and oxygen atoms in total. The lowest BCUT2D eigenvalue weighted by Gasteiger charge is -2.19. The van der Waals surface area contributed by atoms with E-state index in [1.807, 2.05) is 39.8 Å². The number of ether oxygens (including phenoxy) is 1. The SMILES string of the molecule is CCC1(C)C(=O)c2cc3[nH]c(cc4nc(c5c6[nH]c(cc1n2)c(C)c6C(=O)C5)[C@@H](CCC(=O)OC)[C@@H]4C)c(C)c3/C=C\C(=O)O. The molecule has 3 aliphatic rings. The van der Waals surface area contributed by atoms with E-state index in [9.17, 15) is 24.3 Å². The number of hydrogen-bond acceptors (Lipinski definition) is 7. The third-order valence-corrected chi connectivity index (χ3v) is 9.94. The summed E-state index contributed by atoms with van der Waals surface area (Å²) < 4.78 is 4.94. The first-order valence-corrected chi connectivity index (χ1v) is 15.2. The van der Waals surface area contributed by atoms with E-state index in [1.54, 1.807) is 6.07 Å². The Balaban J connectivity index is 1.75. The molecule has 1 aliphatic carbocycles. The predicted molar refractivity (Wildman–Crippen MR) is 170 cm³/mol. The number of nitrogens with one attached hydrogen (secondary N) is 2. The Morgan fingerprint density at radius 3 is 2.51 bits per heavy atom. The number of carboxylic acids is 1. The highest BCUT2D eigenvalue weighted by Crippen LogP contribution is 2.44. The van der Waals surface area contributed by atoms with E-state index >= 15 is 0 Å². The van der Waals surface area contributed by atoms with Gasteiger partial charge < -0.3 is 19.8 Å². The molecule has 3 aromatic heterocycles. The maximum absolute atomic E-state index is 13.9. The Labute approximate surface area is 260 Å². The van der Waals surface area contributed by atoms with Crippen LogP contribution in [-0.4, -0.2) is 55.7 Å². The Hall–Kier alpha value is -4.86. The summed E-state index contributed by atoms with van der Waals surface area (Å²) in [5.41, 5.74) is 7.85. The van der Waals surface area contributed by atoms with Gasteiger partial charge in [-0.1, -0.05) is 13.8 Å². The number of aliphatic carboxylic acids is 1. The lowest BCUT2D eigenvalue weighted by atomic mass is 9.80. The van der Waals surface area contributed by atoms with E-state index in [0.29, 0.717) is 46.2 Å². The van der Waals surface area contributed by atoms with Crippen molar-refractivity contribution in [2.45, 2.75) is 77.6 Å². The van der Waals surface area contributed by atoms with Crippen LogP contribution in [0.25, 0.3) is 28.1 Å². The van der Waals surface area contributed by atoms with Gasteiger partial charge in [-0.25, -0.2) is 9.78 Å². The highest BCUT2D eigenvalue weighted by atomic mass is 16.5. The summed E-state index contributed by atoms with van der Waals surface area (Å²) in [6.45, 7) is 9.65. The molecule has 3 N–H and O–H groups in total. The minimum Gasteiger partial charge on any atom is -0.478 e. The number of Topliss-reactive ketones (excluding diaryl/α,β-unsaturated/α-hetero) is 2. The van der Waals surface area contributed by atoms with Gasteiger partial charge in [0.1, 0.15) is 5.69 Å². The number of H-pyrrole nitrogens is 2. The molecule has 232 valence electrons. The van der Waals surface area contributed by atoms with Crippen LogP contribution >= 0.6 is 0 Å². The summed E-state index contributed by atoms with van der Waals surface area (Å²) in [4.78, 5) is 67.8. The summed E-state index contributed by atoms with van der Waals surface area (Å²) in [6.07, 6.45) is 4.00. The lowest BCUT2D eigenvalue weighted by Crippen LogP contribution is -2.27. The summed E-state index contributed by atoms with van der Waals surface area (Å²) in [5.74, 6) is -1.77. The summed E-state index contributed by atoms with van der Waals surface area (Å²) in [6, 6.07) is 5.48. The average Bonchev–Trinajstić information content (AvgIpc) is 3.74. The van der Waals surface area contributed by atoms with Crippen LogP contribution in [0.4, 0.5) is 0 Å². The third-order valence-electron chi connectivity index (χ3n) is 9.94. The highest BCUT2D eigenvalue weighted by Gasteiger charge is 2.41. The van der Waals surface area contributed by atoms with Crippen molar-refractivity contribution >= 4 is 51.6 Å². The number of esters is 1. The van der Waals surface area contributed by atoms with Crippen molar-refractivity contribution in [3.05, 3.63) is 74.9 Å². The van der Waals surface area contributed by atoms with Crippen LogP contribution < -0.4 is 0 Å². The molecule has 5 heterocycles. The molecular formula is C35H36N4O6. The molecule has 6 rings (SSSR count). The number of carbonyl (C=O) groups is 4. The van der Waals surface area contributed by atoms with E-state index in [2.05, 4.69) is 16.9 Å². The minimum atomic E-state index is -1.09. The summed E-state index contributed by atoms with van der Waals surface area (Å²) in [5, 5.41) is 9.40. The molecule has 8 bridgehead atoms. The number of nitrogens with zero attached hydrogens (tertiary/aromatic N) is 2. The molecule has 3 aromatic rings. The van der Waals surface area contributed by atoms with Crippen molar-refractivity contribution in [2.75, 3.05) is 7.11 Å². The second-order valence-electron chi connectivity index (χ2n) is 12.4. The van der Waals surface area contributed by atoms with Gasteiger partial charge in [0.2, 0.25) is 0 Å². The van der Waals surface area contributed by atoms with Gasteiger partial charge in [-0.05, 0) is 69.0 Å². The fraction of sp³-hybridized carbons (Fsp3) is 0.371. The van der Waals surface area contributed by atoms with Gasteiger partial charge in [-0.2, -0.15) is 0 Å². The second kappa shape index (κ2) is 10.9. The van der Waals surface area contributed by atoms with Gasteiger partial charge in [-0.3, -0.25) is 19.4 Å². The molecule has 10 heteroatoms. The Bertz CT molecular complexity index is 2020. The van der Waals surface area contributed by atoms with Gasteiger partial charge in [0.05, 0.1) is 29.4 Å². The zero-order valence-corrected chi connectivity index (χ0v) is 26.3. The van der Waals surface area contributed by atoms with E-state index in [4.69, 9.17) is 14.7 Å². The van der Waals surface area contributed by atoms with E-state index in [0.717, 1.165) is 39.7 Å². The normalized spacial score (nSPS) is 20.8. The first kappa shape index (κ1) is 30.2. The molecular weight excluding hydrogens is 572 g/mol. The van der Waals surface area contributed by atoms with Gasteiger partial charge in [-0.15, -0.1) is 0 Å². The van der Waals surface area contributed by atoms with Gasteiger partial charge >= 0.3 is 11.9 Å². The number of hydrogen-bond donors (Lipinski definition) is 3. The van der Waals surface area contributed by atoms with Crippen molar-refractivity contribution in [2.24, 2.45) is 0 Å². The van der Waals surface area contributed by atoms with Crippen LogP contribution in [0, 0.1) is 13.8 Å². The second-order valence-corrected chi connectivity index (χ2v) is 12.4. The monoisotopic (exact) mass is 608 g/mol. The molecule has 0 saturated carbocycles. The molecule has 0 fully saturated rings. The largest absolute Gasteiger partial charge is 0.478 e. The molecule has 45 heavy (non-hydrogen) atoms. The Morgan fingerprint density at radius 2 is 1.82 bits per heavy atom. The first-order valence-electron chi connectivity index (χ1n) is 15.2. The fourth-order valence-corrected chi connectivity index (χ4v) is 6.91. The fourth-order valence-electron chi connectivity index (χ4n) is 6.91. The molecule has 0 radical (unpaired) electrons. The number of aromatic nitrogens is 4. The van der Waals surface area contributed by atoms with Gasteiger partial charge in [0, 0.05) is 69.7 Å². The van der Waals surface area contributed by atoms with Gasteiger partial charge in [0.25, 0.3) is 0 Å². The number of fused-ring (bicyclic) bond motifs is 8. The maximum atomic E-state index is 13.9. The smallest absolute Gasteiger partial charge is 0.328 e. The van der Waals surface area contributed by atoms with Crippen LogP contribution in [0.2, 0.25) is 0 Å². The van der Waals surface area contributed by atoms with Crippen LogP contribution in [0.15, 0.2) is 24.3 Å². The quantitative estimate of drug-likeness (QED) is 0.222. The van der Waals surface area contributed by atoms with Crippen LogP contribution in [0.3, 0.4) is 0 Å². The molecule has 0 amide bonds. The van der Waals surface area contributed by atoms with Crippen LogP contribution in [-0.2, 0) is 26.2 Å². The third kappa shape index (κ3) is 4.79. The lowest BCUT2D eigenvalue weighted by molar-refractivity contribution is -0.140. The van der Waals surface area contributed by atoms with Crippen molar-refractivity contribution in [3.63, 3.8) is 0 Å². The number of aryl methyl sites for hydroxylation is 2. The van der Waals surface area contributed by atoms with Crippen LogP contribution in [0.5, 0.6) is 0 Å². The minimum absolute atomic E-state index is 0.00277. The van der Waals surface area contributed by atoms with Crippen LogP contribution in [0.1, 0.15) is 112 Å². The zero-order valence-electron chi connectivity index (χ0n) is 26.3. The summed E-state index contributed by atoms with van der Waals surface area (Å²) >= 11 is 0. The Morgan fingerprint density at radius 1 is 1.09 bits per heavy atom. The summed E-state index contributed by atoms with van der Waals surface area (Å²) in [7, 11) is 1.37. The van der Waals surface area contributed by atoms with Crippen molar-refractivity contribution < 1.29 is 29.0 Å². The standard InChI is InChI=1S/C35H36N4O6/c1-7-35(5)28-15-24-18(4)31-27(40)12-21(33(31)39-24)32-20(9-11-30(43)45-6)17(3)23(38-32)13-22-16(2)19(8-10-29(41)42)25(36-22)14-26(37-28)34(35)44/h8,10,13-15,17,20,36,39H,7,9,11-12H2,1-6H3,(H,41,42)/b10-8-,22-13?,23-13?,24-15?,25-14?,26-14?,28-15?,32-21?/t17-,20-,35?/m0/s1. The van der Waals surface area contributed by atoms with E-state index < -0.39 is 11.4 Å². The van der Waals surface area contributed by atoms with Crippen molar-refractivity contribution in [3.8, 4) is 0 Å². The highest BCUT2D eigenvalue weighted by molar-refractivity contribution is 6.13. The first-order chi connectivity index (χ1) is 21.4. The Kier molecular flexibility index (Phi) is 7.34. The number of aromatic amines is 2. The molecule has 3 atom stereocenters. The number of rotatable bonds is 6. The zero-order chi connectivity index (χ0) is 32.4. The molecule has 1 unspecified atom stereocenters. The number of ketones is 2. The number of methoxy groups -OCH3 is 1. The van der Waals surface area contributed by atoms with Crippen molar-refractivity contribution in [1.82, 2.24) is 19.9 Å². The number of carboxylic acid groups (broad SMARTS) is 1. The molecule has 0 spiro atoms. The molecule has 2 aliphatic heterocycles.